The van der Waals surface area contributed by atoms with E-state index < -0.39 is 28.5 Å². The molecular formula is C26H21N3O7S. The number of rotatable bonds is 7. The van der Waals surface area contributed by atoms with Crippen LogP contribution in [0.3, 0.4) is 0 Å². The molecule has 0 fully saturated rings. The maximum atomic E-state index is 13.6. The van der Waals surface area contributed by atoms with E-state index in [0.717, 1.165) is 11.3 Å². The molecule has 0 unspecified atom stereocenters. The fourth-order valence-corrected chi connectivity index (χ4v) is 4.88. The molecule has 1 atom stereocenters. The van der Waals surface area contributed by atoms with Crippen LogP contribution in [0.15, 0.2) is 82.2 Å². The third-order valence-electron chi connectivity index (χ3n) is 5.43. The Labute approximate surface area is 214 Å². The van der Waals surface area contributed by atoms with Crippen LogP contribution in [-0.4, -0.2) is 28.0 Å². The number of hydrogen-bond acceptors (Lipinski definition) is 9. The summed E-state index contributed by atoms with van der Waals surface area (Å²) >= 11 is 1.14. The van der Waals surface area contributed by atoms with Crippen molar-refractivity contribution in [1.82, 2.24) is 4.57 Å². The summed E-state index contributed by atoms with van der Waals surface area (Å²) in [5.74, 6) is -0.797. The highest BCUT2D eigenvalue weighted by Gasteiger charge is 2.33. The monoisotopic (exact) mass is 519 g/mol. The van der Waals surface area contributed by atoms with Crippen LogP contribution in [0.2, 0.25) is 0 Å². The summed E-state index contributed by atoms with van der Waals surface area (Å²) in [4.78, 5) is 53.3. The van der Waals surface area contributed by atoms with Gasteiger partial charge in [-0.05, 0) is 48.4 Å². The van der Waals surface area contributed by atoms with Gasteiger partial charge < -0.3 is 9.47 Å². The summed E-state index contributed by atoms with van der Waals surface area (Å²) in [6.07, 6.45) is 3.06. The van der Waals surface area contributed by atoms with Gasteiger partial charge in [0.25, 0.3) is 11.2 Å². The number of ether oxygens (including phenoxy) is 2. The Kier molecular flexibility index (Phi) is 7.25. The molecule has 0 saturated carbocycles. The van der Waals surface area contributed by atoms with Crippen LogP contribution in [0.5, 0.6) is 5.75 Å². The lowest BCUT2D eigenvalue weighted by Crippen LogP contribution is -2.39. The minimum absolute atomic E-state index is 0.0156. The Balaban J connectivity index is 1.86. The van der Waals surface area contributed by atoms with Crippen molar-refractivity contribution in [1.29, 1.82) is 0 Å². The SMILES string of the molecule is C=CCOC(=O)C1=C(C)N=c2s/c(=C\c3ccc([N+](=O)[O-])cc3)c(=O)n2[C@@H]1c1ccc(OC(C)=O)cc1. The zero-order valence-corrected chi connectivity index (χ0v) is 20.7. The predicted molar refractivity (Wildman–Crippen MR) is 136 cm³/mol. The van der Waals surface area contributed by atoms with E-state index in [0.29, 0.717) is 31.9 Å². The van der Waals surface area contributed by atoms with E-state index in [2.05, 4.69) is 11.6 Å². The molecule has 0 saturated heterocycles. The normalized spacial score (nSPS) is 15.0. The Morgan fingerprint density at radius 3 is 2.46 bits per heavy atom. The van der Waals surface area contributed by atoms with Gasteiger partial charge in [-0.25, -0.2) is 9.79 Å². The first-order valence-corrected chi connectivity index (χ1v) is 11.8. The van der Waals surface area contributed by atoms with Gasteiger partial charge in [0.1, 0.15) is 12.4 Å². The number of allylic oxidation sites excluding steroid dienone is 1. The van der Waals surface area contributed by atoms with Crippen LogP contribution in [0.4, 0.5) is 5.69 Å². The Bertz CT molecular complexity index is 1610. The summed E-state index contributed by atoms with van der Waals surface area (Å²) in [6, 6.07) is 11.4. The van der Waals surface area contributed by atoms with Gasteiger partial charge in [-0.15, -0.1) is 0 Å². The van der Waals surface area contributed by atoms with Crippen molar-refractivity contribution >= 4 is 35.0 Å². The summed E-state index contributed by atoms with van der Waals surface area (Å²) in [6.45, 7) is 6.50. The van der Waals surface area contributed by atoms with Crippen LogP contribution in [0, 0.1) is 10.1 Å². The number of nitrogens with zero attached hydrogens (tertiary/aromatic N) is 3. The number of aromatic nitrogens is 1. The molecule has 0 spiro atoms. The average Bonchev–Trinajstić information content (AvgIpc) is 3.16. The molecule has 0 aliphatic carbocycles. The number of carbonyl (C=O) groups excluding carboxylic acids is 2. The molecule has 0 bridgehead atoms. The quantitative estimate of drug-likeness (QED) is 0.154. The summed E-state index contributed by atoms with van der Waals surface area (Å²) in [5, 5.41) is 10.9. The second-order valence-corrected chi connectivity index (χ2v) is 8.99. The molecule has 0 amide bonds. The summed E-state index contributed by atoms with van der Waals surface area (Å²) in [5.41, 5.74) is 1.31. The highest BCUT2D eigenvalue weighted by Crippen LogP contribution is 2.31. The highest BCUT2D eigenvalue weighted by atomic mass is 32.1. The van der Waals surface area contributed by atoms with Gasteiger partial charge in [0.05, 0.1) is 26.8 Å². The number of thiazole rings is 1. The minimum Gasteiger partial charge on any atom is -0.458 e. The maximum absolute atomic E-state index is 13.6. The van der Waals surface area contributed by atoms with Crippen LogP contribution < -0.4 is 19.6 Å². The topological polar surface area (TPSA) is 130 Å². The molecule has 3 aromatic rings. The lowest BCUT2D eigenvalue weighted by molar-refractivity contribution is -0.384. The lowest BCUT2D eigenvalue weighted by atomic mass is 9.96. The molecule has 4 rings (SSSR count). The van der Waals surface area contributed by atoms with Crippen LogP contribution in [-0.2, 0) is 14.3 Å². The molecule has 10 nitrogen and oxygen atoms in total. The molecule has 2 aromatic carbocycles. The number of carbonyl (C=O) groups is 2. The average molecular weight is 520 g/mol. The number of nitro benzene ring substituents is 1. The van der Waals surface area contributed by atoms with E-state index in [1.165, 1.54) is 29.7 Å². The smallest absolute Gasteiger partial charge is 0.338 e. The molecule has 37 heavy (non-hydrogen) atoms. The fourth-order valence-electron chi connectivity index (χ4n) is 3.84. The van der Waals surface area contributed by atoms with Gasteiger partial charge in [-0.2, -0.15) is 0 Å². The molecular weight excluding hydrogens is 498 g/mol. The van der Waals surface area contributed by atoms with Gasteiger partial charge in [-0.3, -0.25) is 24.3 Å². The van der Waals surface area contributed by atoms with Crippen molar-refractivity contribution in [3.05, 3.63) is 113 Å². The van der Waals surface area contributed by atoms with Crippen LogP contribution >= 0.6 is 11.3 Å². The second kappa shape index (κ2) is 10.5. The predicted octanol–water partition coefficient (Wildman–Crippen LogP) is 2.80. The first kappa shape index (κ1) is 25.5. The van der Waals surface area contributed by atoms with Crippen LogP contribution in [0.25, 0.3) is 6.08 Å². The van der Waals surface area contributed by atoms with Gasteiger partial charge in [-0.1, -0.05) is 36.1 Å². The second-order valence-electron chi connectivity index (χ2n) is 7.98. The number of benzene rings is 2. The van der Waals surface area contributed by atoms with Crippen molar-refractivity contribution in [3.63, 3.8) is 0 Å². The molecule has 1 aliphatic rings. The van der Waals surface area contributed by atoms with Gasteiger partial charge in [0, 0.05) is 19.1 Å². The van der Waals surface area contributed by atoms with Gasteiger partial charge in [0.2, 0.25) is 0 Å². The van der Waals surface area contributed by atoms with Crippen molar-refractivity contribution in [2.75, 3.05) is 6.61 Å². The first-order chi connectivity index (χ1) is 17.7. The summed E-state index contributed by atoms with van der Waals surface area (Å²) < 4.78 is 12.2. The summed E-state index contributed by atoms with van der Waals surface area (Å²) in [7, 11) is 0. The number of hydrogen-bond donors (Lipinski definition) is 0. The molecule has 0 radical (unpaired) electrons. The van der Waals surface area contributed by atoms with E-state index >= 15 is 0 Å². The van der Waals surface area contributed by atoms with E-state index in [1.807, 2.05) is 0 Å². The van der Waals surface area contributed by atoms with E-state index in [1.54, 1.807) is 49.4 Å². The standard InChI is InChI=1S/C26H21N3O7S/c1-4-13-35-25(32)22-15(2)27-26-28(23(22)18-7-11-20(12-8-18)36-16(3)30)24(31)21(37-26)14-17-5-9-19(10-6-17)29(33)34/h4-12,14,23H,1,13H2,2-3H3/b21-14-/t23-/m1/s1. The molecule has 11 heteroatoms. The molecule has 1 aliphatic heterocycles. The molecule has 0 N–H and O–H groups in total. The Morgan fingerprint density at radius 2 is 1.86 bits per heavy atom. The number of fused-ring (bicyclic) bond motifs is 1. The Hall–Kier alpha value is -4.64. The number of esters is 2. The molecule has 2 heterocycles. The number of nitro groups is 1. The number of non-ortho nitro benzene ring substituents is 1. The third kappa shape index (κ3) is 5.31. The fraction of sp³-hybridized carbons (Fsp3) is 0.154. The van der Waals surface area contributed by atoms with Crippen molar-refractivity contribution in [3.8, 4) is 5.75 Å². The zero-order valence-electron chi connectivity index (χ0n) is 19.9. The minimum atomic E-state index is -0.848. The van der Waals surface area contributed by atoms with Gasteiger partial charge >= 0.3 is 11.9 Å². The van der Waals surface area contributed by atoms with E-state index in [-0.39, 0.29) is 17.9 Å². The molecule has 188 valence electrons. The Morgan fingerprint density at radius 1 is 1.19 bits per heavy atom. The largest absolute Gasteiger partial charge is 0.458 e. The molecule has 1 aromatic heterocycles. The van der Waals surface area contributed by atoms with E-state index in [4.69, 9.17) is 9.47 Å². The highest BCUT2D eigenvalue weighted by molar-refractivity contribution is 7.07. The zero-order chi connectivity index (χ0) is 26.7. The lowest BCUT2D eigenvalue weighted by Gasteiger charge is -2.24. The van der Waals surface area contributed by atoms with Crippen molar-refractivity contribution in [2.24, 2.45) is 4.99 Å². The third-order valence-corrected chi connectivity index (χ3v) is 6.42. The van der Waals surface area contributed by atoms with E-state index in [9.17, 15) is 24.5 Å². The van der Waals surface area contributed by atoms with Crippen LogP contribution in [0.1, 0.15) is 31.0 Å². The maximum Gasteiger partial charge on any atom is 0.338 e. The van der Waals surface area contributed by atoms with Crippen molar-refractivity contribution < 1.29 is 24.0 Å². The van der Waals surface area contributed by atoms with Crippen molar-refractivity contribution in [2.45, 2.75) is 19.9 Å². The van der Waals surface area contributed by atoms with Gasteiger partial charge in [0.15, 0.2) is 4.80 Å². The first-order valence-electron chi connectivity index (χ1n) is 11.0.